The summed E-state index contributed by atoms with van der Waals surface area (Å²) in [5, 5.41) is 10.0. The van der Waals surface area contributed by atoms with Gasteiger partial charge in [0.25, 0.3) is 0 Å². The van der Waals surface area contributed by atoms with E-state index in [1.165, 1.54) is 25.8 Å². The number of anilines is 3. The number of pyridine rings is 1. The van der Waals surface area contributed by atoms with Crippen LogP contribution in [0.15, 0.2) is 79.3 Å². The van der Waals surface area contributed by atoms with Gasteiger partial charge in [0, 0.05) is 38.2 Å². The number of halogens is 1. The normalized spacial score (nSPS) is 13.5. The first-order valence-corrected chi connectivity index (χ1v) is 15.2. The van der Waals surface area contributed by atoms with Gasteiger partial charge in [0.2, 0.25) is 11.9 Å². The molecule has 2 aromatic carbocycles. The molecule has 4 aromatic rings. The molecule has 0 aliphatic carbocycles. The fourth-order valence-electron chi connectivity index (χ4n) is 5.12. The molecule has 5 rings (SSSR count). The zero-order valence-electron chi connectivity index (χ0n) is 23.9. The first-order valence-electron chi connectivity index (χ1n) is 14.8. The lowest BCUT2D eigenvalue weighted by atomic mass is 10.0. The molecule has 1 fully saturated rings. The van der Waals surface area contributed by atoms with Crippen molar-refractivity contribution in [1.29, 1.82) is 0 Å². The van der Waals surface area contributed by atoms with E-state index in [9.17, 15) is 4.79 Å². The average molecular weight is 584 g/mol. The van der Waals surface area contributed by atoms with E-state index in [1.54, 1.807) is 18.6 Å². The van der Waals surface area contributed by atoms with Crippen molar-refractivity contribution in [2.75, 3.05) is 43.4 Å². The Kier molecular flexibility index (Phi) is 10.9. The van der Waals surface area contributed by atoms with Gasteiger partial charge >= 0.3 is 0 Å². The van der Waals surface area contributed by atoms with Gasteiger partial charge in [-0.1, -0.05) is 79.4 Å². The summed E-state index contributed by atoms with van der Waals surface area (Å²) in [7, 11) is 0. The van der Waals surface area contributed by atoms with E-state index in [-0.39, 0.29) is 5.91 Å². The van der Waals surface area contributed by atoms with Crippen LogP contribution in [0.1, 0.15) is 38.5 Å². The smallest absolute Gasteiger partial charge is 0.227 e. The van der Waals surface area contributed by atoms with Crippen molar-refractivity contribution in [3.8, 4) is 22.4 Å². The largest absolute Gasteiger partial charge is 0.325 e. The van der Waals surface area contributed by atoms with Crippen LogP contribution in [0.3, 0.4) is 0 Å². The minimum absolute atomic E-state index is 0.00177. The number of unbranched alkanes of at least 4 members (excludes halogenated alkanes) is 4. The number of carbonyl (C=O) groups excluding carboxylic acids is 1. The van der Waals surface area contributed by atoms with Gasteiger partial charge in [-0.3, -0.25) is 9.78 Å². The van der Waals surface area contributed by atoms with E-state index < -0.39 is 0 Å². The monoisotopic (exact) mass is 583 g/mol. The van der Waals surface area contributed by atoms with Crippen LogP contribution in [0.25, 0.3) is 22.4 Å². The molecule has 0 radical (unpaired) electrons. The Balaban J connectivity index is 1.11. The van der Waals surface area contributed by atoms with Gasteiger partial charge in [0.05, 0.1) is 40.7 Å². The first kappa shape index (κ1) is 29.6. The summed E-state index contributed by atoms with van der Waals surface area (Å²) in [5.41, 5.74) is 5.03. The lowest BCUT2D eigenvalue weighted by Gasteiger charge is -2.26. The Morgan fingerprint density at radius 3 is 2.43 bits per heavy atom. The molecular weight excluding hydrogens is 546 g/mol. The number of amides is 1. The lowest BCUT2D eigenvalue weighted by molar-refractivity contribution is -0.116. The summed E-state index contributed by atoms with van der Waals surface area (Å²) in [6, 6.07) is 20.1. The third-order valence-electron chi connectivity index (χ3n) is 7.35. The van der Waals surface area contributed by atoms with Crippen LogP contribution in [0, 0.1) is 0 Å². The molecule has 42 heavy (non-hydrogen) atoms. The van der Waals surface area contributed by atoms with Gasteiger partial charge in [0.15, 0.2) is 0 Å². The van der Waals surface area contributed by atoms with E-state index >= 15 is 0 Å². The Labute approximate surface area is 253 Å². The highest BCUT2D eigenvalue weighted by Gasteiger charge is 2.11. The second-order valence-electron chi connectivity index (χ2n) is 10.6. The van der Waals surface area contributed by atoms with Crippen LogP contribution in [-0.4, -0.2) is 58.5 Å². The van der Waals surface area contributed by atoms with Crippen LogP contribution in [0.2, 0.25) is 5.02 Å². The molecule has 0 spiro atoms. The number of aromatic nitrogens is 3. The molecule has 9 heteroatoms. The summed E-state index contributed by atoms with van der Waals surface area (Å²) in [4.78, 5) is 28.4. The van der Waals surface area contributed by atoms with Crippen molar-refractivity contribution in [2.24, 2.45) is 0 Å². The highest BCUT2D eigenvalue weighted by Crippen LogP contribution is 2.30. The van der Waals surface area contributed by atoms with Crippen molar-refractivity contribution in [2.45, 2.75) is 38.5 Å². The summed E-state index contributed by atoms with van der Waals surface area (Å²) in [5.74, 6) is 0.389. The van der Waals surface area contributed by atoms with Gasteiger partial charge in [-0.2, -0.15) is 0 Å². The zero-order chi connectivity index (χ0) is 29.0. The van der Waals surface area contributed by atoms with E-state index in [4.69, 9.17) is 11.6 Å². The molecule has 0 unspecified atom stereocenters. The molecular formula is C33H38ClN7O. The zero-order valence-corrected chi connectivity index (χ0v) is 24.6. The third kappa shape index (κ3) is 8.82. The maximum absolute atomic E-state index is 12.5. The minimum atomic E-state index is -0.00177. The number of nitrogens with one attached hydrogen (secondary N) is 3. The Morgan fingerprint density at radius 1 is 0.833 bits per heavy atom. The number of hydrogen-bond acceptors (Lipinski definition) is 7. The van der Waals surface area contributed by atoms with Crippen molar-refractivity contribution in [1.82, 2.24) is 25.2 Å². The van der Waals surface area contributed by atoms with Gasteiger partial charge in [-0.25, -0.2) is 9.97 Å². The van der Waals surface area contributed by atoms with Crippen LogP contribution in [0.4, 0.5) is 17.3 Å². The fraction of sp³-hybridized carbons (Fsp3) is 0.333. The second kappa shape index (κ2) is 15.4. The average Bonchev–Trinajstić information content (AvgIpc) is 3.03. The van der Waals surface area contributed by atoms with E-state index in [0.717, 1.165) is 55.7 Å². The van der Waals surface area contributed by atoms with Gasteiger partial charge in [-0.05, 0) is 42.6 Å². The van der Waals surface area contributed by atoms with Crippen molar-refractivity contribution in [3.63, 3.8) is 0 Å². The summed E-state index contributed by atoms with van der Waals surface area (Å²) >= 11 is 6.51. The maximum atomic E-state index is 12.5. The van der Waals surface area contributed by atoms with Gasteiger partial charge in [0.1, 0.15) is 0 Å². The van der Waals surface area contributed by atoms with Crippen molar-refractivity contribution < 1.29 is 4.79 Å². The first-order chi connectivity index (χ1) is 20.6. The topological polar surface area (TPSA) is 95.1 Å². The third-order valence-corrected chi connectivity index (χ3v) is 7.63. The number of rotatable bonds is 13. The lowest BCUT2D eigenvalue weighted by Crippen LogP contribution is -2.43. The Morgan fingerprint density at radius 2 is 1.57 bits per heavy atom. The molecule has 1 aliphatic rings. The standard InChI is InChI=1S/C33H38ClN7O/c34-30-24-37-33(40-32(30)27-13-9-12-26(20-27)25-10-5-4-6-11-25)39-29-21-28(22-36-23-29)38-31(42)14-7-2-1-3-8-17-41-18-15-35-16-19-41/h4-6,9-13,20-24,35H,1-3,7-8,14-19H2,(H,38,42)(H,37,39,40). The van der Waals surface area contributed by atoms with Crippen molar-refractivity contribution in [3.05, 3.63) is 84.3 Å². The number of piperazine rings is 1. The molecule has 0 atom stereocenters. The van der Waals surface area contributed by atoms with Crippen LogP contribution in [-0.2, 0) is 4.79 Å². The minimum Gasteiger partial charge on any atom is -0.325 e. The highest BCUT2D eigenvalue weighted by molar-refractivity contribution is 6.32. The molecule has 3 N–H and O–H groups in total. The highest BCUT2D eigenvalue weighted by atomic mass is 35.5. The summed E-state index contributed by atoms with van der Waals surface area (Å²) in [6.07, 6.45) is 11.0. The van der Waals surface area contributed by atoms with Crippen LogP contribution in [0.5, 0.6) is 0 Å². The SMILES string of the molecule is O=C(CCCCCCCN1CCNCC1)Nc1cncc(Nc2ncc(Cl)c(-c3cccc(-c4ccccc4)c3)n2)c1. The molecule has 1 saturated heterocycles. The fourth-order valence-corrected chi connectivity index (χ4v) is 5.32. The van der Waals surface area contributed by atoms with E-state index in [0.29, 0.717) is 34.5 Å². The number of hydrogen-bond donors (Lipinski definition) is 3. The Hall–Kier alpha value is -3.85. The molecule has 0 bridgehead atoms. The summed E-state index contributed by atoms with van der Waals surface area (Å²) < 4.78 is 0. The molecule has 8 nitrogen and oxygen atoms in total. The molecule has 3 heterocycles. The number of benzene rings is 2. The Bertz CT molecular complexity index is 1440. The van der Waals surface area contributed by atoms with Gasteiger partial charge in [-0.15, -0.1) is 0 Å². The molecule has 1 amide bonds. The predicted molar refractivity (Wildman–Crippen MR) is 171 cm³/mol. The molecule has 218 valence electrons. The van der Waals surface area contributed by atoms with Crippen LogP contribution >= 0.6 is 11.6 Å². The molecule has 2 aromatic heterocycles. The molecule has 1 aliphatic heterocycles. The van der Waals surface area contributed by atoms with Crippen LogP contribution < -0.4 is 16.0 Å². The van der Waals surface area contributed by atoms with Crippen molar-refractivity contribution >= 4 is 34.8 Å². The number of carbonyl (C=O) groups is 1. The molecule has 0 saturated carbocycles. The van der Waals surface area contributed by atoms with Gasteiger partial charge < -0.3 is 20.9 Å². The van der Waals surface area contributed by atoms with E-state index in [1.807, 2.05) is 36.4 Å². The second-order valence-corrected chi connectivity index (χ2v) is 11.0. The summed E-state index contributed by atoms with van der Waals surface area (Å²) in [6.45, 7) is 5.70. The quantitative estimate of drug-likeness (QED) is 0.149. The maximum Gasteiger partial charge on any atom is 0.227 e. The predicted octanol–water partition coefficient (Wildman–Crippen LogP) is 6.79. The van der Waals surface area contributed by atoms with E-state index in [2.05, 4.69) is 60.1 Å². The number of nitrogens with zero attached hydrogens (tertiary/aromatic N) is 4.